The molecule has 5 heteroatoms. The van der Waals surface area contributed by atoms with Crippen LogP contribution in [0.3, 0.4) is 0 Å². The molecule has 82 valence electrons. The fraction of sp³-hybridized carbons (Fsp3) is 0.273. The lowest BCUT2D eigenvalue weighted by molar-refractivity contribution is -0.117. The summed E-state index contributed by atoms with van der Waals surface area (Å²) in [6.07, 6.45) is 0. The van der Waals surface area contributed by atoms with Crippen molar-refractivity contribution in [2.45, 2.75) is 17.1 Å². The summed E-state index contributed by atoms with van der Waals surface area (Å²) in [5, 5.41) is 8.61. The summed E-state index contributed by atoms with van der Waals surface area (Å²) in [6, 6.07) is 7.76. The number of hydrogen-bond acceptors (Lipinski definition) is 3. The van der Waals surface area contributed by atoms with Gasteiger partial charge < -0.3 is 0 Å². The van der Waals surface area contributed by atoms with Crippen LogP contribution in [-0.4, -0.2) is 17.7 Å². The minimum atomic E-state index is -0.129. The van der Waals surface area contributed by atoms with Gasteiger partial charge >= 0.3 is 0 Å². The molecular weight excluding hydrogens is 288 g/mol. The lowest BCUT2D eigenvalue weighted by atomic mass is 10.2. The van der Waals surface area contributed by atoms with Crippen molar-refractivity contribution in [1.29, 1.82) is 5.26 Å². The zero-order valence-corrected chi connectivity index (χ0v) is 11.0. The van der Waals surface area contributed by atoms with Crippen LogP contribution in [-0.2, 0) is 4.79 Å². The van der Waals surface area contributed by atoms with E-state index in [4.69, 9.17) is 5.26 Å². The molecular formula is C11H9BrN2OS. The maximum absolute atomic E-state index is 11.9. The van der Waals surface area contributed by atoms with Crippen LogP contribution >= 0.6 is 27.7 Å². The van der Waals surface area contributed by atoms with Crippen molar-refractivity contribution in [1.82, 2.24) is 0 Å². The van der Waals surface area contributed by atoms with E-state index < -0.39 is 0 Å². The predicted molar refractivity (Wildman–Crippen MR) is 67.4 cm³/mol. The number of amides is 1. The van der Waals surface area contributed by atoms with Crippen LogP contribution in [0.2, 0.25) is 0 Å². The van der Waals surface area contributed by atoms with Gasteiger partial charge in [-0.05, 0) is 25.1 Å². The summed E-state index contributed by atoms with van der Waals surface area (Å²) in [7, 11) is 0. The van der Waals surface area contributed by atoms with Crippen LogP contribution in [0.15, 0.2) is 27.6 Å². The Balaban J connectivity index is 2.48. The van der Waals surface area contributed by atoms with Crippen molar-refractivity contribution in [3.05, 3.63) is 22.7 Å². The Morgan fingerprint density at radius 3 is 3.06 bits per heavy atom. The minimum absolute atomic E-state index is 0.00127. The van der Waals surface area contributed by atoms with Gasteiger partial charge in [-0.3, -0.25) is 9.69 Å². The topological polar surface area (TPSA) is 44.1 Å². The summed E-state index contributed by atoms with van der Waals surface area (Å²) >= 11 is 4.94. The molecule has 0 saturated heterocycles. The van der Waals surface area contributed by atoms with E-state index in [-0.39, 0.29) is 17.7 Å². The number of carbonyl (C=O) groups is 1. The Kier molecular flexibility index (Phi) is 3.22. The normalized spacial score (nSPS) is 19.2. The van der Waals surface area contributed by atoms with Gasteiger partial charge in [0.2, 0.25) is 5.91 Å². The molecule has 0 bridgehead atoms. The number of halogens is 1. The Bertz CT molecular complexity index is 483. The van der Waals surface area contributed by atoms with Crippen LogP contribution in [0, 0.1) is 11.3 Å². The van der Waals surface area contributed by atoms with E-state index in [9.17, 15) is 4.79 Å². The lowest BCUT2D eigenvalue weighted by Crippen LogP contribution is -2.39. The van der Waals surface area contributed by atoms with E-state index in [0.29, 0.717) is 0 Å². The Labute approximate surface area is 107 Å². The van der Waals surface area contributed by atoms with Crippen LogP contribution in [0.25, 0.3) is 0 Å². The number of rotatable bonds is 1. The minimum Gasteiger partial charge on any atom is -0.297 e. The SMILES string of the molecule is CC1Sc2cc(Br)ccc2N(CC#N)C1=O. The van der Waals surface area contributed by atoms with Crippen molar-refractivity contribution >= 4 is 39.3 Å². The molecule has 1 atom stereocenters. The van der Waals surface area contributed by atoms with Gasteiger partial charge in [0.05, 0.1) is 17.0 Å². The first-order chi connectivity index (χ1) is 7.63. The molecule has 1 heterocycles. The molecule has 2 rings (SSSR count). The number of nitrogens with zero attached hydrogens (tertiary/aromatic N) is 2. The standard InChI is InChI=1S/C11H9BrN2OS/c1-7-11(15)14(5-4-13)9-3-2-8(12)6-10(9)16-7/h2-3,6-7H,5H2,1H3. The van der Waals surface area contributed by atoms with Crippen LogP contribution in [0.1, 0.15) is 6.92 Å². The third-order valence-corrected chi connectivity index (χ3v) is 3.99. The van der Waals surface area contributed by atoms with Crippen LogP contribution in [0.4, 0.5) is 5.69 Å². The molecule has 1 aliphatic heterocycles. The van der Waals surface area contributed by atoms with Gasteiger partial charge in [-0.15, -0.1) is 11.8 Å². The van der Waals surface area contributed by atoms with Crippen LogP contribution in [0.5, 0.6) is 0 Å². The molecule has 0 radical (unpaired) electrons. The van der Waals surface area contributed by atoms with Gasteiger partial charge in [0, 0.05) is 9.37 Å². The largest absolute Gasteiger partial charge is 0.297 e. The predicted octanol–water partition coefficient (Wildman–Crippen LogP) is 2.80. The van der Waals surface area contributed by atoms with Crippen molar-refractivity contribution in [3.8, 4) is 6.07 Å². The number of carbonyl (C=O) groups excluding carboxylic acids is 1. The second-order valence-corrected chi connectivity index (χ2v) is 5.75. The number of benzene rings is 1. The van der Waals surface area contributed by atoms with Gasteiger partial charge in [0.15, 0.2) is 0 Å². The van der Waals surface area contributed by atoms with Gasteiger partial charge in [0.25, 0.3) is 0 Å². The Hall–Kier alpha value is -0.990. The van der Waals surface area contributed by atoms with Gasteiger partial charge in [-0.2, -0.15) is 5.26 Å². The molecule has 0 saturated carbocycles. The molecule has 16 heavy (non-hydrogen) atoms. The first-order valence-corrected chi connectivity index (χ1v) is 6.45. The van der Waals surface area contributed by atoms with Gasteiger partial charge in [0.1, 0.15) is 6.54 Å². The van der Waals surface area contributed by atoms with Gasteiger partial charge in [-0.1, -0.05) is 15.9 Å². The zero-order chi connectivity index (χ0) is 11.7. The Morgan fingerprint density at radius 1 is 1.62 bits per heavy atom. The highest BCUT2D eigenvalue weighted by molar-refractivity contribution is 9.10. The fourth-order valence-corrected chi connectivity index (χ4v) is 3.23. The number of fused-ring (bicyclic) bond motifs is 1. The zero-order valence-electron chi connectivity index (χ0n) is 8.61. The van der Waals surface area contributed by atoms with E-state index in [2.05, 4.69) is 15.9 Å². The van der Waals surface area contributed by atoms with E-state index in [1.54, 1.807) is 4.90 Å². The maximum Gasteiger partial charge on any atom is 0.241 e. The van der Waals surface area contributed by atoms with Crippen molar-refractivity contribution < 1.29 is 4.79 Å². The van der Waals surface area contributed by atoms with E-state index >= 15 is 0 Å². The first kappa shape index (κ1) is 11.5. The molecule has 0 aromatic heterocycles. The highest BCUT2D eigenvalue weighted by Crippen LogP contribution is 2.40. The fourth-order valence-electron chi connectivity index (χ4n) is 1.62. The number of thioether (sulfide) groups is 1. The maximum atomic E-state index is 11.9. The third kappa shape index (κ3) is 1.95. The molecule has 0 fully saturated rings. The van der Waals surface area contributed by atoms with Crippen molar-refractivity contribution in [2.24, 2.45) is 0 Å². The molecule has 0 spiro atoms. The highest BCUT2D eigenvalue weighted by Gasteiger charge is 2.30. The molecule has 3 nitrogen and oxygen atoms in total. The summed E-state index contributed by atoms with van der Waals surface area (Å²) in [5.74, 6) is 0.00127. The molecule has 1 aromatic rings. The second-order valence-electron chi connectivity index (χ2n) is 3.45. The highest BCUT2D eigenvalue weighted by atomic mass is 79.9. The quantitative estimate of drug-likeness (QED) is 0.749. The summed E-state index contributed by atoms with van der Waals surface area (Å²) < 4.78 is 0.984. The number of anilines is 1. The van der Waals surface area contributed by atoms with Crippen molar-refractivity contribution in [3.63, 3.8) is 0 Å². The average Bonchev–Trinajstić information content (AvgIpc) is 2.24. The first-order valence-electron chi connectivity index (χ1n) is 4.78. The molecule has 1 aliphatic rings. The summed E-state index contributed by atoms with van der Waals surface area (Å²) in [5.41, 5.74) is 0.831. The van der Waals surface area contributed by atoms with Crippen LogP contribution < -0.4 is 4.90 Å². The average molecular weight is 297 g/mol. The second kappa shape index (κ2) is 4.48. The van der Waals surface area contributed by atoms with Gasteiger partial charge in [-0.25, -0.2) is 0 Å². The monoisotopic (exact) mass is 296 g/mol. The van der Waals surface area contributed by atoms with E-state index in [1.165, 1.54) is 11.8 Å². The number of nitriles is 1. The summed E-state index contributed by atoms with van der Waals surface area (Å²) in [4.78, 5) is 14.5. The Morgan fingerprint density at radius 2 is 2.38 bits per heavy atom. The lowest BCUT2D eigenvalue weighted by Gasteiger charge is -2.30. The third-order valence-electron chi connectivity index (χ3n) is 2.36. The van der Waals surface area contributed by atoms with E-state index in [1.807, 2.05) is 31.2 Å². The smallest absolute Gasteiger partial charge is 0.241 e. The van der Waals surface area contributed by atoms with E-state index in [0.717, 1.165) is 15.1 Å². The molecule has 1 amide bonds. The van der Waals surface area contributed by atoms with Crippen molar-refractivity contribution in [2.75, 3.05) is 11.4 Å². The summed E-state index contributed by atoms with van der Waals surface area (Å²) in [6.45, 7) is 1.97. The molecule has 0 aliphatic carbocycles. The number of hydrogen-bond donors (Lipinski definition) is 0. The molecule has 1 unspecified atom stereocenters. The molecule has 1 aromatic carbocycles. The molecule has 0 N–H and O–H groups in total.